The molecular weight excluding hydrogens is 266 g/mol. The lowest BCUT2D eigenvalue weighted by Gasteiger charge is -2.29. The lowest BCUT2D eigenvalue weighted by Crippen LogP contribution is -2.27. The van der Waals surface area contributed by atoms with Crippen LogP contribution < -0.4 is 16.4 Å². The Balaban J connectivity index is 1.90. The quantitative estimate of drug-likeness (QED) is 0.812. The topological polar surface area (TPSA) is 77.8 Å². The molecule has 0 saturated heterocycles. The molecule has 0 atom stereocenters. The predicted octanol–water partition coefficient (Wildman–Crippen LogP) is 2.60. The minimum Gasteiger partial charge on any atom is -0.382 e. The lowest BCUT2D eigenvalue weighted by atomic mass is 9.84. The summed E-state index contributed by atoms with van der Waals surface area (Å²) in [7, 11) is 0. The normalized spacial score (nSPS) is 22.3. The lowest BCUT2D eigenvalue weighted by molar-refractivity contribution is 0.330. The highest BCUT2D eigenvalue weighted by atomic mass is 16.1. The first kappa shape index (κ1) is 13.9. The van der Waals surface area contributed by atoms with Gasteiger partial charge in [-0.25, -0.2) is 0 Å². The molecule has 0 spiro atoms. The Morgan fingerprint density at radius 3 is 2.52 bits per heavy atom. The molecule has 1 aromatic carbocycles. The fraction of sp³-hybridized carbons (Fsp3) is 0.500. The zero-order valence-electron chi connectivity index (χ0n) is 12.2. The van der Waals surface area contributed by atoms with Crippen LogP contribution in [-0.2, 0) is 0 Å². The summed E-state index contributed by atoms with van der Waals surface area (Å²) in [5.41, 5.74) is 0.248. The van der Waals surface area contributed by atoms with Crippen molar-refractivity contribution in [2.75, 3.05) is 5.32 Å². The molecule has 0 radical (unpaired) electrons. The summed E-state index contributed by atoms with van der Waals surface area (Å²) in [6, 6.07) is 5.76. The van der Waals surface area contributed by atoms with Crippen molar-refractivity contribution in [1.29, 1.82) is 0 Å². The third-order valence-electron chi connectivity index (χ3n) is 4.61. The van der Waals surface area contributed by atoms with Crippen LogP contribution in [0, 0.1) is 5.92 Å². The molecule has 1 aromatic heterocycles. The maximum absolute atomic E-state index is 12.0. The molecule has 1 saturated carbocycles. The van der Waals surface area contributed by atoms with Gasteiger partial charge in [-0.1, -0.05) is 19.4 Å². The summed E-state index contributed by atoms with van der Waals surface area (Å²) in [5.74, 6) is 0.835. The molecule has 2 aromatic rings. The third-order valence-corrected chi connectivity index (χ3v) is 4.61. The first-order chi connectivity index (χ1) is 10.2. The Morgan fingerprint density at radius 1 is 1.10 bits per heavy atom. The van der Waals surface area contributed by atoms with E-state index in [1.54, 1.807) is 6.07 Å². The number of benzene rings is 1. The summed E-state index contributed by atoms with van der Waals surface area (Å²) in [4.78, 5) is 23.8. The second-order valence-electron chi connectivity index (χ2n) is 5.91. The number of anilines is 1. The number of hydrogen-bond acceptors (Lipinski definition) is 3. The van der Waals surface area contributed by atoms with Gasteiger partial charge in [-0.3, -0.25) is 19.8 Å². The number of fused-ring (bicyclic) bond motifs is 1. The highest BCUT2D eigenvalue weighted by Crippen LogP contribution is 2.29. The Hall–Kier alpha value is -2.04. The van der Waals surface area contributed by atoms with Crippen molar-refractivity contribution in [3.63, 3.8) is 0 Å². The molecule has 0 aliphatic heterocycles. The molecule has 0 unspecified atom stereocenters. The van der Waals surface area contributed by atoms with Gasteiger partial charge in [0.1, 0.15) is 0 Å². The van der Waals surface area contributed by atoms with E-state index < -0.39 is 0 Å². The molecule has 1 fully saturated rings. The van der Waals surface area contributed by atoms with E-state index in [2.05, 4.69) is 22.4 Å². The van der Waals surface area contributed by atoms with Crippen LogP contribution in [0.25, 0.3) is 10.8 Å². The Labute approximate surface area is 122 Å². The SMILES string of the molecule is CCC1CCC(Nc2cccc3c(=O)[nH][nH]c(=O)c23)CC1. The molecule has 112 valence electrons. The van der Waals surface area contributed by atoms with Gasteiger partial charge in [0.2, 0.25) is 0 Å². The van der Waals surface area contributed by atoms with Crippen LogP contribution in [0.2, 0.25) is 0 Å². The first-order valence-corrected chi connectivity index (χ1v) is 7.69. The number of hydrogen-bond donors (Lipinski definition) is 3. The Morgan fingerprint density at radius 2 is 1.81 bits per heavy atom. The van der Waals surface area contributed by atoms with Crippen LogP contribution in [0.1, 0.15) is 39.0 Å². The van der Waals surface area contributed by atoms with E-state index in [9.17, 15) is 9.59 Å². The zero-order valence-corrected chi connectivity index (χ0v) is 12.2. The molecule has 21 heavy (non-hydrogen) atoms. The predicted molar refractivity (Wildman–Crippen MR) is 84.8 cm³/mol. The molecule has 3 N–H and O–H groups in total. The monoisotopic (exact) mass is 287 g/mol. The van der Waals surface area contributed by atoms with E-state index >= 15 is 0 Å². The molecule has 3 rings (SSSR count). The minimum atomic E-state index is -0.261. The highest BCUT2D eigenvalue weighted by molar-refractivity contribution is 5.92. The summed E-state index contributed by atoms with van der Waals surface area (Å²) in [5, 5.41) is 9.13. The minimum absolute atomic E-state index is 0.255. The van der Waals surface area contributed by atoms with Crippen LogP contribution in [0.3, 0.4) is 0 Å². The third kappa shape index (κ3) is 2.73. The summed E-state index contributed by atoms with van der Waals surface area (Å²) in [6.45, 7) is 2.24. The van der Waals surface area contributed by atoms with Gasteiger partial charge in [-0.15, -0.1) is 0 Å². The second kappa shape index (κ2) is 5.76. The van der Waals surface area contributed by atoms with E-state index in [1.807, 2.05) is 12.1 Å². The summed E-state index contributed by atoms with van der Waals surface area (Å²) in [6.07, 6.45) is 5.95. The fourth-order valence-corrected chi connectivity index (χ4v) is 3.28. The van der Waals surface area contributed by atoms with Crippen LogP contribution in [-0.4, -0.2) is 16.2 Å². The van der Waals surface area contributed by atoms with Crippen molar-refractivity contribution in [3.8, 4) is 0 Å². The summed E-state index contributed by atoms with van der Waals surface area (Å²) >= 11 is 0. The van der Waals surface area contributed by atoms with Gasteiger partial charge in [0.15, 0.2) is 0 Å². The smallest absolute Gasteiger partial charge is 0.272 e. The summed E-state index contributed by atoms with van der Waals surface area (Å²) < 4.78 is 0. The average Bonchev–Trinajstić information content (AvgIpc) is 2.52. The standard InChI is InChI=1S/C16H21N3O2/c1-2-10-6-8-11(9-7-10)17-13-5-3-4-12-14(13)16(21)19-18-15(12)20/h3-5,10-11,17H,2,6-9H2,1H3,(H,18,20)(H,19,21). The fourth-order valence-electron chi connectivity index (χ4n) is 3.28. The molecule has 5 heteroatoms. The van der Waals surface area contributed by atoms with Crippen molar-refractivity contribution in [2.24, 2.45) is 5.92 Å². The van der Waals surface area contributed by atoms with Crippen LogP contribution in [0.5, 0.6) is 0 Å². The van der Waals surface area contributed by atoms with Crippen LogP contribution in [0.4, 0.5) is 5.69 Å². The van der Waals surface area contributed by atoms with Gasteiger partial charge in [0.05, 0.1) is 10.8 Å². The van der Waals surface area contributed by atoms with Gasteiger partial charge < -0.3 is 5.32 Å². The molecule has 1 heterocycles. The number of rotatable bonds is 3. The number of aromatic amines is 2. The van der Waals surface area contributed by atoms with E-state index in [0.29, 0.717) is 16.8 Å². The van der Waals surface area contributed by atoms with Gasteiger partial charge in [-0.05, 0) is 43.7 Å². The largest absolute Gasteiger partial charge is 0.382 e. The van der Waals surface area contributed by atoms with Gasteiger partial charge in [-0.2, -0.15) is 0 Å². The highest BCUT2D eigenvalue weighted by Gasteiger charge is 2.20. The maximum Gasteiger partial charge on any atom is 0.272 e. The molecule has 0 amide bonds. The Kier molecular flexibility index (Phi) is 3.82. The van der Waals surface area contributed by atoms with Gasteiger partial charge in [0, 0.05) is 11.7 Å². The van der Waals surface area contributed by atoms with Crippen LogP contribution >= 0.6 is 0 Å². The number of nitrogens with one attached hydrogen (secondary N) is 3. The van der Waals surface area contributed by atoms with E-state index in [0.717, 1.165) is 24.4 Å². The van der Waals surface area contributed by atoms with Crippen molar-refractivity contribution in [2.45, 2.75) is 45.1 Å². The molecule has 5 nitrogen and oxygen atoms in total. The van der Waals surface area contributed by atoms with E-state index in [4.69, 9.17) is 0 Å². The van der Waals surface area contributed by atoms with Crippen molar-refractivity contribution < 1.29 is 0 Å². The van der Waals surface area contributed by atoms with E-state index in [1.165, 1.54) is 19.3 Å². The zero-order chi connectivity index (χ0) is 14.8. The molecule has 1 aliphatic carbocycles. The maximum atomic E-state index is 12.0. The Bertz CT molecular complexity index is 739. The molecular formula is C16H21N3O2. The molecule has 0 bridgehead atoms. The van der Waals surface area contributed by atoms with Crippen molar-refractivity contribution >= 4 is 16.5 Å². The number of aromatic nitrogens is 2. The van der Waals surface area contributed by atoms with E-state index in [-0.39, 0.29) is 11.1 Å². The average molecular weight is 287 g/mol. The van der Waals surface area contributed by atoms with Crippen molar-refractivity contribution in [3.05, 3.63) is 38.9 Å². The second-order valence-corrected chi connectivity index (χ2v) is 5.91. The molecule has 1 aliphatic rings. The van der Waals surface area contributed by atoms with Crippen LogP contribution in [0.15, 0.2) is 27.8 Å². The first-order valence-electron chi connectivity index (χ1n) is 7.69. The van der Waals surface area contributed by atoms with Gasteiger partial charge >= 0.3 is 0 Å². The van der Waals surface area contributed by atoms with Gasteiger partial charge in [0.25, 0.3) is 11.1 Å². The van der Waals surface area contributed by atoms with Crippen molar-refractivity contribution in [1.82, 2.24) is 10.2 Å². The number of H-pyrrole nitrogens is 2.